The van der Waals surface area contributed by atoms with Gasteiger partial charge in [-0.15, -0.1) is 0 Å². The van der Waals surface area contributed by atoms with Crippen molar-refractivity contribution in [1.29, 1.82) is 0 Å². The maximum Gasteiger partial charge on any atom is 0.249 e. The predicted molar refractivity (Wildman–Crippen MR) is 161 cm³/mol. The van der Waals surface area contributed by atoms with Gasteiger partial charge < -0.3 is 26.8 Å². The van der Waals surface area contributed by atoms with Crippen molar-refractivity contribution in [2.24, 2.45) is 22.8 Å². The third kappa shape index (κ3) is 8.15. The van der Waals surface area contributed by atoms with Crippen molar-refractivity contribution < 1.29 is 19.5 Å². The van der Waals surface area contributed by atoms with Crippen LogP contribution in [0.1, 0.15) is 49.8 Å². The molecule has 0 saturated carbocycles. The maximum atomic E-state index is 13.7. The van der Waals surface area contributed by atoms with E-state index in [1.165, 1.54) is 12.2 Å². The minimum absolute atomic E-state index is 0.0336. The average Bonchev–Trinajstić information content (AvgIpc) is 2.96. The summed E-state index contributed by atoms with van der Waals surface area (Å²) in [6.45, 7) is 7.75. The summed E-state index contributed by atoms with van der Waals surface area (Å²) in [7, 11) is 0. The summed E-state index contributed by atoms with van der Waals surface area (Å²) >= 11 is 0. The van der Waals surface area contributed by atoms with Gasteiger partial charge >= 0.3 is 0 Å². The number of nitrogens with one attached hydrogen (secondary N) is 1. The Bertz CT molecular complexity index is 1250. The van der Waals surface area contributed by atoms with Gasteiger partial charge in [-0.1, -0.05) is 80.1 Å². The van der Waals surface area contributed by atoms with E-state index in [9.17, 15) is 19.5 Å². The summed E-state index contributed by atoms with van der Waals surface area (Å²) in [4.78, 5) is 41.4. The minimum atomic E-state index is -1.52. The summed E-state index contributed by atoms with van der Waals surface area (Å²) in [5.74, 6) is -2.48. The molecule has 41 heavy (non-hydrogen) atoms. The largest absolute Gasteiger partial charge is 0.391 e. The van der Waals surface area contributed by atoms with Gasteiger partial charge in [-0.2, -0.15) is 0 Å². The molecule has 0 spiro atoms. The number of nitrogens with zero attached hydrogens (tertiary/aromatic N) is 1. The number of aliphatic hydroxyl groups excluding tert-OH is 1. The molecule has 1 unspecified atom stereocenters. The highest BCUT2D eigenvalue weighted by atomic mass is 16.3. The first-order valence-corrected chi connectivity index (χ1v) is 14.4. The summed E-state index contributed by atoms with van der Waals surface area (Å²) in [5, 5.41) is 15.0. The molecule has 6 N–H and O–H groups in total. The van der Waals surface area contributed by atoms with Crippen LogP contribution in [0.5, 0.6) is 0 Å². The van der Waals surface area contributed by atoms with Crippen molar-refractivity contribution >= 4 is 17.7 Å². The van der Waals surface area contributed by atoms with Gasteiger partial charge in [-0.3, -0.25) is 14.4 Å². The first-order valence-electron chi connectivity index (χ1n) is 14.4. The molecule has 2 aromatic rings. The molecule has 1 aliphatic rings. The molecule has 0 aromatic heterocycles. The lowest BCUT2D eigenvalue weighted by Gasteiger charge is -2.42. The Hall–Kier alpha value is -3.75. The first kappa shape index (κ1) is 31.8. The number of nitrogens with two attached hydrogens (primary N) is 2. The second-order valence-corrected chi connectivity index (χ2v) is 11.0. The smallest absolute Gasteiger partial charge is 0.249 e. The van der Waals surface area contributed by atoms with Crippen molar-refractivity contribution in [3.8, 4) is 0 Å². The second-order valence-electron chi connectivity index (χ2n) is 11.0. The number of carbonyl (C=O) groups is 3. The van der Waals surface area contributed by atoms with Crippen LogP contribution in [0.4, 0.5) is 0 Å². The summed E-state index contributed by atoms with van der Waals surface area (Å²) in [6.07, 6.45) is 3.73. The Morgan fingerprint density at radius 2 is 1.61 bits per heavy atom. The number of amides is 3. The Morgan fingerprint density at radius 3 is 2.17 bits per heavy atom. The molecule has 0 heterocycles. The lowest BCUT2D eigenvalue weighted by atomic mass is 9.63. The number of hydrogen-bond donors (Lipinski definition) is 4. The number of carbonyl (C=O) groups excluding carboxylic acids is 3. The Balaban J connectivity index is 2.04. The maximum absolute atomic E-state index is 13.7. The number of rotatable bonds is 15. The highest BCUT2D eigenvalue weighted by molar-refractivity contribution is 6.03. The molecular formula is C33H44N4O4. The number of benzene rings is 2. The highest BCUT2D eigenvalue weighted by Crippen LogP contribution is 2.44. The van der Waals surface area contributed by atoms with Gasteiger partial charge in [0, 0.05) is 43.2 Å². The van der Waals surface area contributed by atoms with Crippen LogP contribution in [-0.2, 0) is 27.3 Å². The zero-order valence-electron chi connectivity index (χ0n) is 24.4. The Kier molecular flexibility index (Phi) is 11.4. The third-order valence-electron chi connectivity index (χ3n) is 7.75. The van der Waals surface area contributed by atoms with Crippen molar-refractivity contribution in [2.45, 2.75) is 59.1 Å². The molecule has 0 radical (unpaired) electrons. The normalized spacial score (nSPS) is 18.1. The van der Waals surface area contributed by atoms with E-state index in [0.29, 0.717) is 31.6 Å². The molecule has 3 atom stereocenters. The van der Waals surface area contributed by atoms with Crippen LogP contribution in [-0.4, -0.2) is 53.5 Å². The van der Waals surface area contributed by atoms with Crippen LogP contribution in [0.25, 0.3) is 0 Å². The Morgan fingerprint density at radius 1 is 0.976 bits per heavy atom. The SMILES string of the molecule is CCCN(CCC)C(=O)C1=CC(C(N)=O)=CC(C(N)=O)([C@H](Cc2ccc(C)cc2)[C@@H](O)CNCc2ccccc2)C1. The van der Waals surface area contributed by atoms with Crippen molar-refractivity contribution in [1.82, 2.24) is 10.2 Å². The number of aliphatic hydroxyl groups is 1. The van der Waals surface area contributed by atoms with E-state index in [1.807, 2.05) is 75.4 Å². The predicted octanol–water partition coefficient (Wildman–Crippen LogP) is 3.17. The molecule has 0 aliphatic heterocycles. The summed E-state index contributed by atoms with van der Waals surface area (Å²) < 4.78 is 0. The number of primary amides is 2. The van der Waals surface area contributed by atoms with Gasteiger partial charge in [-0.25, -0.2) is 0 Å². The Labute approximate surface area is 243 Å². The van der Waals surface area contributed by atoms with Gasteiger partial charge in [0.2, 0.25) is 17.7 Å². The van der Waals surface area contributed by atoms with E-state index in [4.69, 9.17) is 11.5 Å². The highest BCUT2D eigenvalue weighted by Gasteiger charge is 2.49. The van der Waals surface area contributed by atoms with Crippen LogP contribution in [0, 0.1) is 18.3 Å². The van der Waals surface area contributed by atoms with E-state index in [1.54, 1.807) is 4.90 Å². The molecule has 1 aliphatic carbocycles. The molecular weight excluding hydrogens is 516 g/mol. The van der Waals surface area contributed by atoms with E-state index >= 15 is 0 Å². The second kappa shape index (κ2) is 14.8. The fourth-order valence-electron chi connectivity index (χ4n) is 5.58. The molecule has 3 rings (SSSR count). The molecule has 3 amide bonds. The van der Waals surface area contributed by atoms with Gasteiger partial charge in [0.1, 0.15) is 0 Å². The van der Waals surface area contributed by atoms with Crippen LogP contribution >= 0.6 is 0 Å². The molecule has 8 nitrogen and oxygen atoms in total. The first-order chi connectivity index (χ1) is 19.6. The van der Waals surface area contributed by atoms with Crippen molar-refractivity contribution in [3.05, 3.63) is 94.6 Å². The molecule has 2 aromatic carbocycles. The van der Waals surface area contributed by atoms with Crippen LogP contribution in [0.15, 0.2) is 77.9 Å². The van der Waals surface area contributed by atoms with E-state index in [0.717, 1.165) is 29.5 Å². The van der Waals surface area contributed by atoms with Crippen LogP contribution < -0.4 is 16.8 Å². The lowest BCUT2D eigenvalue weighted by molar-refractivity contribution is -0.132. The third-order valence-corrected chi connectivity index (χ3v) is 7.75. The van der Waals surface area contributed by atoms with Crippen molar-refractivity contribution in [2.75, 3.05) is 19.6 Å². The number of hydrogen-bond acceptors (Lipinski definition) is 5. The van der Waals surface area contributed by atoms with E-state index < -0.39 is 29.3 Å². The van der Waals surface area contributed by atoms with E-state index in [2.05, 4.69) is 5.32 Å². The van der Waals surface area contributed by atoms with Gasteiger partial charge in [0.15, 0.2) is 0 Å². The van der Waals surface area contributed by atoms with Gasteiger partial charge in [-0.05, 0) is 49.8 Å². The summed E-state index contributed by atoms with van der Waals surface area (Å²) in [6, 6.07) is 17.6. The topological polar surface area (TPSA) is 139 Å². The van der Waals surface area contributed by atoms with E-state index in [-0.39, 0.29) is 24.4 Å². The summed E-state index contributed by atoms with van der Waals surface area (Å²) in [5.41, 5.74) is 13.7. The molecule has 220 valence electrons. The monoisotopic (exact) mass is 560 g/mol. The van der Waals surface area contributed by atoms with Crippen LogP contribution in [0.3, 0.4) is 0 Å². The zero-order chi connectivity index (χ0) is 30.0. The average molecular weight is 561 g/mol. The fraction of sp³-hybridized carbons (Fsp3) is 0.424. The molecule has 8 heteroatoms. The minimum Gasteiger partial charge on any atom is -0.391 e. The lowest BCUT2D eigenvalue weighted by Crippen LogP contribution is -2.52. The van der Waals surface area contributed by atoms with Gasteiger partial charge in [0.05, 0.1) is 11.5 Å². The molecule has 0 fully saturated rings. The van der Waals surface area contributed by atoms with Gasteiger partial charge in [0.25, 0.3) is 0 Å². The zero-order valence-corrected chi connectivity index (χ0v) is 24.4. The molecule has 0 saturated heterocycles. The fourth-order valence-corrected chi connectivity index (χ4v) is 5.58. The van der Waals surface area contributed by atoms with Crippen LogP contribution in [0.2, 0.25) is 0 Å². The quantitative estimate of drug-likeness (QED) is 0.265. The molecule has 0 bridgehead atoms. The standard InChI is InChI=1S/C33H44N4O4/c1-4-15-37(16-5-2)31(40)27-18-26(30(34)39)19-33(20-27,32(35)41)28(17-24-13-11-23(3)12-14-24)29(38)22-36-21-25-9-7-6-8-10-25/h6-14,18-19,28-29,36,38H,4-5,15-17,20-22H2,1-3H3,(H2,34,39)(H2,35,41)/t28-,29+,33?/m1/s1. The van der Waals surface area contributed by atoms with Crippen molar-refractivity contribution in [3.63, 3.8) is 0 Å². The number of aryl methyl sites for hydroxylation is 1.